The monoisotopic (exact) mass is 491 g/mol. The number of hydrogen-bond donors (Lipinski definition) is 1. The van der Waals surface area contributed by atoms with Crippen molar-refractivity contribution in [3.05, 3.63) is 113 Å². The fraction of sp³-hybridized carbons (Fsp3) is 0.100. The Labute approximate surface area is 212 Å². The van der Waals surface area contributed by atoms with Gasteiger partial charge in [-0.3, -0.25) is 19.2 Å². The van der Waals surface area contributed by atoms with Crippen LogP contribution in [0.1, 0.15) is 49.7 Å². The number of hydrogen-bond acceptors (Lipinski definition) is 6. The second-order valence-corrected chi connectivity index (χ2v) is 8.74. The Hall–Kier alpha value is -4.91. The molecular formula is C30H21NO6. The summed E-state index contributed by atoms with van der Waals surface area (Å²) in [5, 5.41) is 4.15. The van der Waals surface area contributed by atoms with Gasteiger partial charge in [0.2, 0.25) is 5.78 Å². The SMILES string of the molecule is CC(=O)c1ccccc1NC(=O)C(=O)[C@H](C(=O)c1ccc2ccccc2c1)[C@@H]1OC(=O)c2ccccc21. The summed E-state index contributed by atoms with van der Waals surface area (Å²) in [5.74, 6) is -5.42. The summed E-state index contributed by atoms with van der Waals surface area (Å²) in [4.78, 5) is 65.1. The van der Waals surface area contributed by atoms with Gasteiger partial charge in [0, 0.05) is 16.7 Å². The van der Waals surface area contributed by atoms with Crippen LogP contribution in [-0.2, 0) is 14.3 Å². The van der Waals surface area contributed by atoms with Crippen molar-refractivity contribution in [2.45, 2.75) is 13.0 Å². The zero-order valence-corrected chi connectivity index (χ0v) is 19.8. The molecule has 37 heavy (non-hydrogen) atoms. The van der Waals surface area contributed by atoms with E-state index in [1.807, 2.05) is 24.3 Å². The van der Waals surface area contributed by atoms with Crippen LogP contribution < -0.4 is 5.32 Å². The summed E-state index contributed by atoms with van der Waals surface area (Å²) in [6.07, 6.45) is -1.27. The Kier molecular flexibility index (Phi) is 6.19. The van der Waals surface area contributed by atoms with Gasteiger partial charge in [0.1, 0.15) is 12.0 Å². The molecule has 182 valence electrons. The van der Waals surface area contributed by atoms with Crippen LogP contribution in [0.15, 0.2) is 91.0 Å². The minimum atomic E-state index is -1.63. The Balaban J connectivity index is 1.55. The zero-order valence-electron chi connectivity index (χ0n) is 19.8. The Morgan fingerprint density at radius 1 is 0.811 bits per heavy atom. The third-order valence-electron chi connectivity index (χ3n) is 6.40. The van der Waals surface area contributed by atoms with Crippen molar-refractivity contribution in [1.29, 1.82) is 0 Å². The molecule has 0 radical (unpaired) electrons. The van der Waals surface area contributed by atoms with Gasteiger partial charge >= 0.3 is 5.97 Å². The van der Waals surface area contributed by atoms with Crippen molar-refractivity contribution in [2.24, 2.45) is 5.92 Å². The van der Waals surface area contributed by atoms with E-state index in [4.69, 9.17) is 4.74 Å². The number of para-hydroxylation sites is 1. The number of anilines is 1. The van der Waals surface area contributed by atoms with Crippen molar-refractivity contribution in [3.8, 4) is 0 Å². The first-order valence-electron chi connectivity index (χ1n) is 11.6. The summed E-state index contributed by atoms with van der Waals surface area (Å²) in [6, 6.07) is 25.1. The number of ketones is 3. The molecule has 0 saturated carbocycles. The van der Waals surface area contributed by atoms with Crippen LogP contribution in [-0.4, -0.2) is 29.2 Å². The van der Waals surface area contributed by atoms with Crippen LogP contribution in [0.4, 0.5) is 5.69 Å². The first kappa shape index (κ1) is 23.8. The van der Waals surface area contributed by atoms with Gasteiger partial charge in [-0.2, -0.15) is 0 Å². The van der Waals surface area contributed by atoms with Gasteiger partial charge in [-0.1, -0.05) is 66.7 Å². The van der Waals surface area contributed by atoms with Crippen molar-refractivity contribution >= 4 is 45.7 Å². The molecule has 0 unspecified atom stereocenters. The van der Waals surface area contributed by atoms with Gasteiger partial charge in [0.25, 0.3) is 5.91 Å². The van der Waals surface area contributed by atoms with E-state index in [2.05, 4.69) is 5.32 Å². The highest BCUT2D eigenvalue weighted by Gasteiger charge is 2.46. The third kappa shape index (κ3) is 4.43. The van der Waals surface area contributed by atoms with E-state index in [0.29, 0.717) is 5.56 Å². The minimum Gasteiger partial charge on any atom is -0.453 e. The van der Waals surface area contributed by atoms with E-state index < -0.39 is 35.5 Å². The van der Waals surface area contributed by atoms with Crippen LogP contribution in [0.5, 0.6) is 0 Å². The number of cyclic esters (lactones) is 1. The third-order valence-corrected chi connectivity index (χ3v) is 6.40. The molecule has 1 heterocycles. The normalized spacial score (nSPS) is 14.9. The number of esters is 1. The van der Waals surface area contributed by atoms with Gasteiger partial charge < -0.3 is 10.1 Å². The number of rotatable bonds is 7. The van der Waals surface area contributed by atoms with Crippen LogP contribution in [0.2, 0.25) is 0 Å². The van der Waals surface area contributed by atoms with Crippen LogP contribution in [0, 0.1) is 5.92 Å². The lowest BCUT2D eigenvalue weighted by atomic mass is 9.84. The maximum atomic E-state index is 13.8. The van der Waals surface area contributed by atoms with Gasteiger partial charge in [-0.25, -0.2) is 4.79 Å². The fourth-order valence-electron chi connectivity index (χ4n) is 4.56. The maximum Gasteiger partial charge on any atom is 0.339 e. The molecule has 0 bridgehead atoms. The average Bonchev–Trinajstić information content (AvgIpc) is 3.24. The molecule has 7 heteroatoms. The van der Waals surface area contributed by atoms with Crippen molar-refractivity contribution in [3.63, 3.8) is 0 Å². The second-order valence-electron chi connectivity index (χ2n) is 8.74. The number of Topliss-reactive ketones (excluding diaryl/α,β-unsaturated/α-hetero) is 3. The molecule has 1 N–H and O–H groups in total. The van der Waals surface area contributed by atoms with E-state index in [-0.39, 0.29) is 28.2 Å². The first-order chi connectivity index (χ1) is 17.8. The molecule has 0 aliphatic carbocycles. The van der Waals surface area contributed by atoms with Gasteiger partial charge in [-0.15, -0.1) is 0 Å². The maximum absolute atomic E-state index is 13.8. The Morgan fingerprint density at radius 3 is 2.27 bits per heavy atom. The Bertz CT molecular complexity index is 1600. The fourth-order valence-corrected chi connectivity index (χ4v) is 4.56. The van der Waals surface area contributed by atoms with E-state index in [1.165, 1.54) is 19.1 Å². The highest BCUT2D eigenvalue weighted by molar-refractivity contribution is 6.45. The molecular weight excluding hydrogens is 470 g/mol. The second kappa shape index (κ2) is 9.62. The summed E-state index contributed by atoms with van der Waals surface area (Å²) < 4.78 is 5.49. The lowest BCUT2D eigenvalue weighted by Gasteiger charge is -2.21. The largest absolute Gasteiger partial charge is 0.453 e. The van der Waals surface area contributed by atoms with Crippen LogP contribution in [0.3, 0.4) is 0 Å². The minimum absolute atomic E-state index is 0.147. The molecule has 0 spiro atoms. The molecule has 7 nitrogen and oxygen atoms in total. The summed E-state index contributed by atoms with van der Waals surface area (Å²) in [7, 11) is 0. The van der Waals surface area contributed by atoms with Crippen molar-refractivity contribution < 1.29 is 28.7 Å². The first-order valence-corrected chi connectivity index (χ1v) is 11.6. The molecule has 0 fully saturated rings. The molecule has 4 aromatic rings. The topological polar surface area (TPSA) is 107 Å². The quantitative estimate of drug-likeness (QED) is 0.169. The van der Waals surface area contributed by atoms with E-state index in [9.17, 15) is 24.0 Å². The molecule has 2 atom stereocenters. The molecule has 1 aliphatic heterocycles. The molecule has 5 rings (SSSR count). The predicted octanol–water partition coefficient (Wildman–Crippen LogP) is 4.96. The smallest absolute Gasteiger partial charge is 0.339 e. The lowest BCUT2D eigenvalue weighted by Crippen LogP contribution is -2.38. The van der Waals surface area contributed by atoms with E-state index in [1.54, 1.807) is 54.6 Å². The van der Waals surface area contributed by atoms with Gasteiger partial charge in [0.15, 0.2) is 11.6 Å². The van der Waals surface area contributed by atoms with Gasteiger partial charge in [-0.05, 0) is 42.0 Å². The number of amides is 1. The van der Waals surface area contributed by atoms with Gasteiger partial charge in [0.05, 0.1) is 11.3 Å². The number of ether oxygens (including phenoxy) is 1. The lowest BCUT2D eigenvalue weighted by molar-refractivity contribution is -0.138. The highest BCUT2D eigenvalue weighted by atomic mass is 16.5. The van der Waals surface area contributed by atoms with Crippen molar-refractivity contribution in [2.75, 3.05) is 5.32 Å². The van der Waals surface area contributed by atoms with Crippen molar-refractivity contribution in [1.82, 2.24) is 0 Å². The standard InChI is InChI=1S/C30H21NO6/c1-17(32)21-10-6-7-13-24(21)31-29(35)27(34)25(28-22-11-4-5-12-23(22)30(36)37-28)26(33)20-15-14-18-8-2-3-9-19(18)16-20/h2-16,25,28H,1H3,(H,31,35)/t25-,28+/m0/s1. The number of carbonyl (C=O) groups excluding carboxylic acids is 5. The van der Waals surface area contributed by atoms with Crippen LogP contribution in [0.25, 0.3) is 10.8 Å². The summed E-state index contributed by atoms with van der Waals surface area (Å²) in [5.41, 5.74) is 1.16. The summed E-state index contributed by atoms with van der Waals surface area (Å²) >= 11 is 0. The predicted molar refractivity (Wildman–Crippen MR) is 136 cm³/mol. The number of carbonyl (C=O) groups is 5. The zero-order chi connectivity index (χ0) is 26.1. The molecule has 0 saturated heterocycles. The molecule has 1 aliphatic rings. The summed E-state index contributed by atoms with van der Waals surface area (Å²) in [6.45, 7) is 1.34. The van der Waals surface area contributed by atoms with E-state index in [0.717, 1.165) is 10.8 Å². The number of benzene rings is 4. The average molecular weight is 491 g/mol. The number of fused-ring (bicyclic) bond motifs is 2. The number of nitrogens with one attached hydrogen (secondary N) is 1. The Morgan fingerprint density at radius 2 is 1.49 bits per heavy atom. The molecule has 0 aromatic heterocycles. The van der Waals surface area contributed by atoms with Crippen LogP contribution >= 0.6 is 0 Å². The highest BCUT2D eigenvalue weighted by Crippen LogP contribution is 2.38. The van der Waals surface area contributed by atoms with E-state index >= 15 is 0 Å². The molecule has 4 aromatic carbocycles. The molecule has 1 amide bonds.